The molecule has 1 aromatic carbocycles. The molecule has 0 N–H and O–H groups in total. The number of allylic oxidation sites excluding steroid dienone is 1. The van der Waals surface area contributed by atoms with Crippen LogP contribution in [0.25, 0.3) is 11.1 Å². The first-order chi connectivity index (χ1) is 22.2. The van der Waals surface area contributed by atoms with Gasteiger partial charge in [-0.15, -0.1) is 11.3 Å². The summed E-state index contributed by atoms with van der Waals surface area (Å²) in [5.74, 6) is -0.0227. The Hall–Kier alpha value is -3.91. The van der Waals surface area contributed by atoms with Gasteiger partial charge in [-0.1, -0.05) is 36.3 Å². The molecule has 0 radical (unpaired) electrons. The molecule has 4 heterocycles. The van der Waals surface area contributed by atoms with Crippen LogP contribution in [0.1, 0.15) is 84.1 Å². The Bertz CT molecular complexity index is 2130. The summed E-state index contributed by atoms with van der Waals surface area (Å²) in [6.07, 6.45) is 7.37. The number of carbonyl (C=O) groups is 1. The van der Waals surface area contributed by atoms with Gasteiger partial charge in [0.25, 0.3) is 5.56 Å². The summed E-state index contributed by atoms with van der Waals surface area (Å²) in [7, 11) is 1.55. The second-order valence-electron chi connectivity index (χ2n) is 11.5. The first kappa shape index (κ1) is 32.0. The zero-order chi connectivity index (χ0) is 32.7. The Morgan fingerprint density at radius 2 is 1.98 bits per heavy atom. The van der Waals surface area contributed by atoms with Crippen LogP contribution in [-0.2, 0) is 22.4 Å². The van der Waals surface area contributed by atoms with Crippen molar-refractivity contribution in [2.75, 3.05) is 13.7 Å². The summed E-state index contributed by atoms with van der Waals surface area (Å²) in [6, 6.07) is 8.88. The number of aryl methyl sites for hydroxylation is 2. The molecule has 11 heteroatoms. The SMILES string of the molecule is CCCC1=C(C(=O)OCC)[C@@H](c2cc(Cl)ccc2OC)n2c(s/c(=C/c3cc(C)n(-c4sc5c(c4C#N)CCCC5)c3C)c2=O)=N1. The number of ether oxygens (including phenoxy) is 2. The van der Waals surface area contributed by atoms with E-state index in [-0.39, 0.29) is 12.2 Å². The van der Waals surface area contributed by atoms with Crippen molar-refractivity contribution in [3.63, 3.8) is 0 Å². The van der Waals surface area contributed by atoms with Gasteiger partial charge in [0.05, 0.1) is 35.1 Å². The quantitative estimate of drug-likeness (QED) is 0.200. The summed E-state index contributed by atoms with van der Waals surface area (Å²) in [4.78, 5) is 34.6. The highest BCUT2D eigenvalue weighted by Crippen LogP contribution is 2.40. The van der Waals surface area contributed by atoms with Gasteiger partial charge < -0.3 is 14.0 Å². The number of hydrogen-bond acceptors (Lipinski definition) is 8. The third-order valence-electron chi connectivity index (χ3n) is 8.60. The van der Waals surface area contributed by atoms with Gasteiger partial charge in [0.15, 0.2) is 4.80 Å². The van der Waals surface area contributed by atoms with Crippen LogP contribution >= 0.6 is 34.3 Å². The third kappa shape index (κ3) is 5.44. The minimum atomic E-state index is -0.837. The fraction of sp³-hybridized carbons (Fsp3) is 0.371. The zero-order valence-electron chi connectivity index (χ0n) is 26.5. The van der Waals surface area contributed by atoms with E-state index < -0.39 is 12.0 Å². The number of nitrogens with zero attached hydrogens (tertiary/aromatic N) is 4. The summed E-state index contributed by atoms with van der Waals surface area (Å²) >= 11 is 9.47. The van der Waals surface area contributed by atoms with E-state index in [1.54, 1.807) is 48.1 Å². The minimum Gasteiger partial charge on any atom is -0.496 e. The highest BCUT2D eigenvalue weighted by atomic mass is 35.5. The second kappa shape index (κ2) is 13.1. The molecule has 238 valence electrons. The van der Waals surface area contributed by atoms with Crippen LogP contribution in [0.3, 0.4) is 0 Å². The van der Waals surface area contributed by atoms with E-state index in [1.807, 2.05) is 26.8 Å². The van der Waals surface area contributed by atoms with E-state index >= 15 is 0 Å². The van der Waals surface area contributed by atoms with Crippen LogP contribution in [0, 0.1) is 25.2 Å². The van der Waals surface area contributed by atoms with Gasteiger partial charge in [0, 0.05) is 26.9 Å². The van der Waals surface area contributed by atoms with Gasteiger partial charge in [0.1, 0.15) is 22.9 Å². The molecule has 6 rings (SSSR count). The van der Waals surface area contributed by atoms with Crippen molar-refractivity contribution in [1.82, 2.24) is 9.13 Å². The van der Waals surface area contributed by atoms with E-state index in [4.69, 9.17) is 26.1 Å². The average Bonchev–Trinajstić information content (AvgIpc) is 3.65. The third-order valence-corrected chi connectivity index (χ3v) is 11.1. The fourth-order valence-electron chi connectivity index (χ4n) is 6.55. The smallest absolute Gasteiger partial charge is 0.338 e. The van der Waals surface area contributed by atoms with E-state index in [9.17, 15) is 14.9 Å². The number of methoxy groups -OCH3 is 1. The predicted octanol–water partition coefficient (Wildman–Crippen LogP) is 6.46. The molecule has 1 aliphatic heterocycles. The lowest BCUT2D eigenvalue weighted by molar-refractivity contribution is -0.139. The molecule has 0 saturated heterocycles. The fourth-order valence-corrected chi connectivity index (χ4v) is 9.19. The van der Waals surface area contributed by atoms with Crippen molar-refractivity contribution in [2.24, 2.45) is 4.99 Å². The molecule has 0 saturated carbocycles. The van der Waals surface area contributed by atoms with E-state index in [0.717, 1.165) is 59.6 Å². The molecule has 3 aromatic heterocycles. The molecule has 1 aliphatic carbocycles. The average molecular weight is 675 g/mol. The monoisotopic (exact) mass is 674 g/mol. The van der Waals surface area contributed by atoms with Crippen LogP contribution in [-0.4, -0.2) is 28.8 Å². The molecule has 0 bridgehead atoms. The van der Waals surface area contributed by atoms with Crippen molar-refractivity contribution < 1.29 is 14.3 Å². The van der Waals surface area contributed by atoms with Crippen molar-refractivity contribution in [3.05, 3.63) is 98.8 Å². The van der Waals surface area contributed by atoms with Crippen LogP contribution in [0.5, 0.6) is 5.75 Å². The number of benzene rings is 1. The summed E-state index contributed by atoms with van der Waals surface area (Å²) < 4.78 is 15.4. The maximum atomic E-state index is 14.4. The molecular weight excluding hydrogens is 640 g/mol. The van der Waals surface area contributed by atoms with Gasteiger partial charge in [-0.25, -0.2) is 9.79 Å². The molecule has 0 fully saturated rings. The Labute approximate surface area is 280 Å². The lowest BCUT2D eigenvalue weighted by Gasteiger charge is -2.27. The van der Waals surface area contributed by atoms with E-state index in [0.29, 0.717) is 43.4 Å². The molecule has 2 aliphatic rings. The number of aromatic nitrogens is 2. The molecular formula is C35H35ClN4O4S2. The molecule has 0 unspecified atom stereocenters. The number of thiazole rings is 1. The van der Waals surface area contributed by atoms with E-state index in [1.165, 1.54) is 21.8 Å². The van der Waals surface area contributed by atoms with Gasteiger partial charge in [-0.3, -0.25) is 9.36 Å². The van der Waals surface area contributed by atoms with Gasteiger partial charge in [-0.2, -0.15) is 5.26 Å². The van der Waals surface area contributed by atoms with Crippen LogP contribution in [0.15, 0.2) is 45.3 Å². The second-order valence-corrected chi connectivity index (χ2v) is 14.0. The molecule has 46 heavy (non-hydrogen) atoms. The number of fused-ring (bicyclic) bond motifs is 2. The normalized spacial score (nSPS) is 16.1. The Kier molecular flexibility index (Phi) is 9.10. The number of thiophene rings is 1. The summed E-state index contributed by atoms with van der Waals surface area (Å²) in [5, 5.41) is 11.5. The number of halogens is 1. The maximum absolute atomic E-state index is 14.4. The Balaban J connectivity index is 1.56. The highest BCUT2D eigenvalue weighted by molar-refractivity contribution is 7.15. The number of hydrogen-bond donors (Lipinski definition) is 0. The van der Waals surface area contributed by atoms with Crippen LogP contribution in [0.2, 0.25) is 5.02 Å². The van der Waals surface area contributed by atoms with Crippen molar-refractivity contribution >= 4 is 46.3 Å². The van der Waals surface area contributed by atoms with Crippen molar-refractivity contribution in [2.45, 2.75) is 72.3 Å². The van der Waals surface area contributed by atoms with Crippen LogP contribution < -0.4 is 19.6 Å². The van der Waals surface area contributed by atoms with Crippen LogP contribution in [0.4, 0.5) is 0 Å². The van der Waals surface area contributed by atoms with E-state index in [2.05, 4.69) is 16.7 Å². The summed E-state index contributed by atoms with van der Waals surface area (Å²) in [5.41, 5.74) is 5.98. The number of rotatable bonds is 8. The predicted molar refractivity (Wildman–Crippen MR) is 182 cm³/mol. The topological polar surface area (TPSA) is 98.6 Å². The zero-order valence-corrected chi connectivity index (χ0v) is 28.9. The highest BCUT2D eigenvalue weighted by Gasteiger charge is 2.36. The Morgan fingerprint density at radius 3 is 2.70 bits per heavy atom. The number of carbonyl (C=O) groups excluding carboxylic acids is 1. The molecule has 0 spiro atoms. The maximum Gasteiger partial charge on any atom is 0.338 e. The standard InChI is InChI=1S/C35H35ClN4O4S2/c1-6-10-26-30(34(42)44-7-2)31(24-17-22(36)13-14-27(24)43-5)40-32(41)29(46-35(40)38-26)16-21-15-19(3)39(20(21)4)33-25(18-37)23-11-8-9-12-28(23)45-33/h13-17,31H,6-12H2,1-5H3/b29-16+/t31-/m1/s1. The first-order valence-corrected chi connectivity index (χ1v) is 17.5. The molecule has 4 aromatic rings. The van der Waals surface area contributed by atoms with Gasteiger partial charge >= 0.3 is 5.97 Å². The van der Waals surface area contributed by atoms with Gasteiger partial charge in [-0.05, 0) is 94.3 Å². The lowest BCUT2D eigenvalue weighted by atomic mass is 9.93. The molecule has 0 amide bonds. The van der Waals surface area contributed by atoms with Gasteiger partial charge in [0.2, 0.25) is 0 Å². The first-order valence-electron chi connectivity index (χ1n) is 15.5. The number of nitriles is 1. The lowest BCUT2D eigenvalue weighted by Crippen LogP contribution is -2.40. The summed E-state index contributed by atoms with van der Waals surface area (Å²) in [6.45, 7) is 8.01. The molecule has 8 nitrogen and oxygen atoms in total. The Morgan fingerprint density at radius 1 is 1.20 bits per heavy atom. The number of esters is 1. The largest absolute Gasteiger partial charge is 0.496 e. The van der Waals surface area contributed by atoms with Crippen molar-refractivity contribution in [3.8, 4) is 16.8 Å². The van der Waals surface area contributed by atoms with Crippen molar-refractivity contribution in [1.29, 1.82) is 5.26 Å². The molecule has 1 atom stereocenters. The minimum absolute atomic E-state index is 0.182.